The van der Waals surface area contributed by atoms with E-state index in [0.717, 1.165) is 28.1 Å². The van der Waals surface area contributed by atoms with E-state index < -0.39 is 10.1 Å². The average molecular weight is 512 g/mol. The highest BCUT2D eigenvalue weighted by Gasteiger charge is 2.14. The Morgan fingerprint density at radius 2 is 1.22 bits per heavy atom. The summed E-state index contributed by atoms with van der Waals surface area (Å²) >= 11 is 0. The van der Waals surface area contributed by atoms with E-state index in [0.29, 0.717) is 26.4 Å². The van der Waals surface area contributed by atoms with Gasteiger partial charge in [0.15, 0.2) is 0 Å². The van der Waals surface area contributed by atoms with Gasteiger partial charge in [0.1, 0.15) is 12.4 Å². The van der Waals surface area contributed by atoms with Gasteiger partial charge in [0, 0.05) is 12.7 Å². The van der Waals surface area contributed by atoms with Crippen LogP contribution in [0.1, 0.15) is 16.7 Å². The van der Waals surface area contributed by atoms with E-state index in [2.05, 4.69) is 29.6 Å². The van der Waals surface area contributed by atoms with Gasteiger partial charge in [0.2, 0.25) is 0 Å². The molecule has 36 heavy (non-hydrogen) atoms. The van der Waals surface area contributed by atoms with Crippen molar-refractivity contribution in [2.24, 2.45) is 0 Å². The van der Waals surface area contributed by atoms with E-state index >= 15 is 0 Å². The summed E-state index contributed by atoms with van der Waals surface area (Å²) in [5.74, 6) is 0.775. The maximum Gasteiger partial charge on any atom is 0.297 e. The lowest BCUT2D eigenvalue weighted by atomic mass is 10.1. The molecule has 0 bridgehead atoms. The van der Waals surface area contributed by atoms with Gasteiger partial charge < -0.3 is 19.5 Å². The van der Waals surface area contributed by atoms with E-state index in [1.807, 2.05) is 50.4 Å². The van der Waals surface area contributed by atoms with Crippen LogP contribution in [-0.2, 0) is 23.8 Å². The maximum absolute atomic E-state index is 12.1. The molecule has 0 fully saturated rings. The van der Waals surface area contributed by atoms with Crippen molar-refractivity contribution < 1.29 is 26.8 Å². The third-order valence-electron chi connectivity index (χ3n) is 5.19. The van der Waals surface area contributed by atoms with E-state index in [-0.39, 0.29) is 18.1 Å². The van der Waals surface area contributed by atoms with Crippen LogP contribution < -0.4 is 10.1 Å². The molecule has 0 atom stereocenters. The highest BCUT2D eigenvalue weighted by molar-refractivity contribution is 7.86. The summed E-state index contributed by atoms with van der Waals surface area (Å²) in [7, 11) is -1.86. The predicted octanol–water partition coefficient (Wildman–Crippen LogP) is 5.02. The lowest BCUT2D eigenvalue weighted by molar-refractivity contribution is 0.0279. The Hall–Kier alpha value is -3.17. The smallest absolute Gasteiger partial charge is 0.297 e. The van der Waals surface area contributed by atoms with E-state index in [1.54, 1.807) is 12.1 Å². The van der Waals surface area contributed by atoms with Crippen LogP contribution in [0.5, 0.6) is 5.75 Å². The third kappa shape index (κ3) is 9.47. The normalized spacial score (nSPS) is 11.6. The van der Waals surface area contributed by atoms with Gasteiger partial charge in [-0.3, -0.25) is 4.18 Å². The van der Waals surface area contributed by atoms with Crippen molar-refractivity contribution in [3.8, 4) is 5.75 Å². The predicted molar refractivity (Wildman–Crippen MR) is 143 cm³/mol. The minimum absolute atomic E-state index is 0.0485. The molecule has 0 unspecified atom stereocenters. The first kappa shape index (κ1) is 27.4. The Balaban J connectivity index is 1.23. The fourth-order valence-corrected chi connectivity index (χ4v) is 4.04. The van der Waals surface area contributed by atoms with Crippen LogP contribution in [0.25, 0.3) is 12.2 Å². The topological polar surface area (TPSA) is 83.1 Å². The summed E-state index contributed by atoms with van der Waals surface area (Å²) in [5, 5.41) is 3.11. The Morgan fingerprint density at radius 1 is 0.694 bits per heavy atom. The average Bonchev–Trinajstić information content (AvgIpc) is 2.89. The van der Waals surface area contributed by atoms with Crippen molar-refractivity contribution in [2.45, 2.75) is 11.8 Å². The number of benzene rings is 3. The quantitative estimate of drug-likeness (QED) is 0.174. The van der Waals surface area contributed by atoms with Crippen LogP contribution in [0.2, 0.25) is 0 Å². The van der Waals surface area contributed by atoms with Crippen molar-refractivity contribution in [3.63, 3.8) is 0 Å². The number of nitrogens with one attached hydrogen (secondary N) is 1. The number of ether oxygens (including phenoxy) is 3. The van der Waals surface area contributed by atoms with Crippen molar-refractivity contribution in [1.82, 2.24) is 0 Å². The van der Waals surface area contributed by atoms with Crippen LogP contribution >= 0.6 is 0 Å². The number of hydrogen-bond donors (Lipinski definition) is 1. The molecule has 0 aliphatic carbocycles. The van der Waals surface area contributed by atoms with Gasteiger partial charge in [-0.1, -0.05) is 54.1 Å². The minimum Gasteiger partial charge on any atom is -0.491 e. The maximum atomic E-state index is 12.1. The number of hydrogen-bond acceptors (Lipinski definition) is 7. The summed E-state index contributed by atoms with van der Waals surface area (Å²) in [6, 6.07) is 22.6. The first-order chi connectivity index (χ1) is 17.5. The Morgan fingerprint density at radius 3 is 1.81 bits per heavy atom. The summed E-state index contributed by atoms with van der Waals surface area (Å²) in [4.78, 5) is 0.137. The van der Waals surface area contributed by atoms with Gasteiger partial charge in [-0.15, -0.1) is 0 Å². The Labute approximate surface area is 213 Å². The monoisotopic (exact) mass is 511 g/mol. The van der Waals surface area contributed by atoms with Crippen LogP contribution in [0.4, 0.5) is 5.69 Å². The summed E-state index contributed by atoms with van der Waals surface area (Å²) in [6.45, 7) is 3.57. The van der Waals surface area contributed by atoms with Crippen LogP contribution in [0, 0.1) is 6.92 Å². The van der Waals surface area contributed by atoms with Crippen LogP contribution in [-0.4, -0.2) is 55.1 Å². The van der Waals surface area contributed by atoms with Gasteiger partial charge in [0.05, 0.1) is 37.9 Å². The molecule has 1 N–H and O–H groups in total. The van der Waals surface area contributed by atoms with Crippen molar-refractivity contribution in [1.29, 1.82) is 0 Å². The molecule has 0 saturated carbocycles. The standard InChI is InChI=1S/C28H33NO6S/c1-23-3-15-28(16-4-23)36(30,31)35-22-20-33-18-17-32-19-21-34-27-13-9-25(10-14-27)6-5-24-7-11-26(29-2)12-8-24/h3-16,29H,17-22H2,1-2H3. The Kier molecular flexibility index (Phi) is 11.0. The lowest BCUT2D eigenvalue weighted by Gasteiger charge is -2.09. The zero-order valence-corrected chi connectivity index (χ0v) is 21.5. The fraction of sp³-hybridized carbons (Fsp3) is 0.286. The third-order valence-corrected chi connectivity index (χ3v) is 6.52. The van der Waals surface area contributed by atoms with Gasteiger partial charge in [-0.2, -0.15) is 8.42 Å². The molecule has 0 heterocycles. The SMILES string of the molecule is CNc1ccc(C=Cc2ccc(OCCOCCOCCOS(=O)(=O)c3ccc(C)cc3)cc2)cc1. The van der Waals surface area contributed by atoms with Gasteiger partial charge in [-0.25, -0.2) is 0 Å². The van der Waals surface area contributed by atoms with Crippen molar-refractivity contribution in [3.05, 3.63) is 89.5 Å². The second kappa shape index (κ2) is 14.4. The molecule has 0 aliphatic heterocycles. The van der Waals surface area contributed by atoms with E-state index in [4.69, 9.17) is 18.4 Å². The molecule has 0 amide bonds. The minimum atomic E-state index is -3.76. The molecule has 3 rings (SSSR count). The molecule has 3 aromatic rings. The van der Waals surface area contributed by atoms with Gasteiger partial charge >= 0.3 is 0 Å². The summed E-state index contributed by atoms with van der Waals surface area (Å²) in [5.41, 5.74) is 4.29. The van der Waals surface area contributed by atoms with Crippen LogP contribution in [0.3, 0.4) is 0 Å². The van der Waals surface area contributed by atoms with E-state index in [1.165, 1.54) is 12.1 Å². The zero-order chi connectivity index (χ0) is 25.6. The van der Waals surface area contributed by atoms with E-state index in [9.17, 15) is 8.42 Å². The molecule has 0 radical (unpaired) electrons. The number of aryl methyl sites for hydroxylation is 1. The largest absolute Gasteiger partial charge is 0.491 e. The Bertz CT molecular complexity index is 1170. The molecule has 0 aromatic heterocycles. The van der Waals surface area contributed by atoms with Gasteiger partial charge in [-0.05, 0) is 54.4 Å². The van der Waals surface area contributed by atoms with Crippen LogP contribution in [0.15, 0.2) is 77.7 Å². The molecular formula is C28H33NO6S. The molecule has 0 spiro atoms. The lowest BCUT2D eigenvalue weighted by Crippen LogP contribution is -2.14. The number of anilines is 1. The molecule has 0 saturated heterocycles. The van der Waals surface area contributed by atoms with Crippen molar-refractivity contribution in [2.75, 3.05) is 52.0 Å². The second-order valence-electron chi connectivity index (χ2n) is 7.94. The molecule has 8 heteroatoms. The molecule has 7 nitrogen and oxygen atoms in total. The molecule has 192 valence electrons. The molecule has 3 aromatic carbocycles. The first-order valence-electron chi connectivity index (χ1n) is 11.8. The summed E-state index contributed by atoms with van der Waals surface area (Å²) in [6.07, 6.45) is 4.13. The second-order valence-corrected chi connectivity index (χ2v) is 9.55. The highest BCUT2D eigenvalue weighted by atomic mass is 32.2. The highest BCUT2D eigenvalue weighted by Crippen LogP contribution is 2.16. The fourth-order valence-electron chi connectivity index (χ4n) is 3.14. The first-order valence-corrected chi connectivity index (χ1v) is 13.2. The molecular weight excluding hydrogens is 478 g/mol. The van der Waals surface area contributed by atoms with Crippen molar-refractivity contribution >= 4 is 28.0 Å². The number of rotatable bonds is 15. The molecule has 0 aliphatic rings. The zero-order valence-electron chi connectivity index (χ0n) is 20.7. The van der Waals surface area contributed by atoms with Gasteiger partial charge in [0.25, 0.3) is 10.1 Å². The summed E-state index contributed by atoms with van der Waals surface area (Å²) < 4.78 is 45.7.